The molecule has 1 aromatic heterocycles. The number of carboxylic acid groups (broad SMARTS) is 1. The molecular weight excluding hydrogens is 368 g/mol. The number of aromatic nitrogens is 1. The number of hydrogen-bond acceptors (Lipinski definition) is 3. The van der Waals surface area contributed by atoms with Crippen molar-refractivity contribution in [2.24, 2.45) is 5.92 Å². The second kappa shape index (κ2) is 6.84. The standard InChI is InChI=1S/C11H12Br2N2O3/c1-6(2-9(16)17)4-15-11(18)10-8(13)3-7(12)5-14-10/h3,5-6H,2,4H2,1H3,(H,15,18)(H,16,17). The average Bonchev–Trinajstić information content (AvgIpc) is 2.25. The van der Waals surface area contributed by atoms with Crippen molar-refractivity contribution in [1.29, 1.82) is 0 Å². The van der Waals surface area contributed by atoms with E-state index >= 15 is 0 Å². The topological polar surface area (TPSA) is 79.3 Å². The van der Waals surface area contributed by atoms with Crippen molar-refractivity contribution in [2.75, 3.05) is 6.54 Å². The molecule has 0 saturated heterocycles. The van der Waals surface area contributed by atoms with Gasteiger partial charge in [0.15, 0.2) is 0 Å². The molecule has 2 N–H and O–H groups in total. The molecule has 1 rings (SSSR count). The molecule has 1 atom stereocenters. The van der Waals surface area contributed by atoms with Crippen LogP contribution in [0.2, 0.25) is 0 Å². The van der Waals surface area contributed by atoms with Gasteiger partial charge in [0.1, 0.15) is 5.69 Å². The van der Waals surface area contributed by atoms with Gasteiger partial charge in [0.25, 0.3) is 5.91 Å². The molecule has 1 amide bonds. The van der Waals surface area contributed by atoms with Crippen LogP contribution in [-0.2, 0) is 4.79 Å². The van der Waals surface area contributed by atoms with Crippen LogP contribution in [0.3, 0.4) is 0 Å². The first kappa shape index (κ1) is 15.1. The summed E-state index contributed by atoms with van der Waals surface area (Å²) >= 11 is 6.49. The maximum atomic E-state index is 11.8. The molecule has 0 aliphatic carbocycles. The Kier molecular flexibility index (Phi) is 5.74. The number of pyridine rings is 1. The first-order chi connectivity index (χ1) is 8.40. The molecule has 1 unspecified atom stereocenters. The summed E-state index contributed by atoms with van der Waals surface area (Å²) in [6.45, 7) is 2.06. The highest BCUT2D eigenvalue weighted by Gasteiger charge is 2.14. The van der Waals surface area contributed by atoms with Crippen LogP contribution in [-0.4, -0.2) is 28.5 Å². The zero-order valence-corrected chi connectivity index (χ0v) is 12.8. The summed E-state index contributed by atoms with van der Waals surface area (Å²) in [5, 5.41) is 11.3. The number of aliphatic carboxylic acids is 1. The van der Waals surface area contributed by atoms with Crippen molar-refractivity contribution in [1.82, 2.24) is 10.3 Å². The maximum Gasteiger partial charge on any atom is 0.303 e. The maximum absolute atomic E-state index is 11.8. The number of carbonyl (C=O) groups excluding carboxylic acids is 1. The number of carbonyl (C=O) groups is 2. The van der Waals surface area contributed by atoms with E-state index in [-0.39, 0.29) is 23.9 Å². The number of rotatable bonds is 5. The number of amides is 1. The summed E-state index contributed by atoms with van der Waals surface area (Å²) in [5.74, 6) is -1.33. The first-order valence-corrected chi connectivity index (χ1v) is 6.79. The second-order valence-corrected chi connectivity index (χ2v) is 5.67. The van der Waals surface area contributed by atoms with Gasteiger partial charge >= 0.3 is 5.97 Å². The molecule has 5 nitrogen and oxygen atoms in total. The molecule has 0 aromatic carbocycles. The lowest BCUT2D eigenvalue weighted by Crippen LogP contribution is -2.30. The Hall–Kier alpha value is -0.950. The van der Waals surface area contributed by atoms with E-state index in [0.717, 1.165) is 4.47 Å². The number of carboxylic acids is 1. The molecule has 0 aliphatic rings. The molecule has 0 aliphatic heterocycles. The quantitative estimate of drug-likeness (QED) is 0.823. The van der Waals surface area contributed by atoms with Gasteiger partial charge in [-0.25, -0.2) is 4.98 Å². The van der Waals surface area contributed by atoms with E-state index in [1.165, 1.54) is 6.20 Å². The van der Waals surface area contributed by atoms with Gasteiger partial charge < -0.3 is 10.4 Å². The number of nitrogens with one attached hydrogen (secondary N) is 1. The summed E-state index contributed by atoms with van der Waals surface area (Å²) < 4.78 is 1.35. The van der Waals surface area contributed by atoms with Crippen molar-refractivity contribution >= 4 is 43.7 Å². The van der Waals surface area contributed by atoms with E-state index in [2.05, 4.69) is 42.2 Å². The molecule has 1 heterocycles. The summed E-state index contributed by atoms with van der Waals surface area (Å²) in [6, 6.07) is 1.72. The highest BCUT2D eigenvalue weighted by atomic mass is 79.9. The van der Waals surface area contributed by atoms with Crippen LogP contribution in [0.25, 0.3) is 0 Å². The van der Waals surface area contributed by atoms with Crippen molar-refractivity contribution < 1.29 is 14.7 Å². The fourth-order valence-electron chi connectivity index (χ4n) is 1.30. The zero-order chi connectivity index (χ0) is 13.7. The molecular formula is C11H12Br2N2O3. The molecule has 0 saturated carbocycles. The zero-order valence-electron chi connectivity index (χ0n) is 9.61. The minimum Gasteiger partial charge on any atom is -0.481 e. The predicted molar refractivity (Wildman–Crippen MR) is 73.4 cm³/mol. The highest BCUT2D eigenvalue weighted by Crippen LogP contribution is 2.19. The first-order valence-electron chi connectivity index (χ1n) is 5.21. The molecule has 0 fully saturated rings. The Morgan fingerprint density at radius 2 is 2.17 bits per heavy atom. The van der Waals surface area contributed by atoms with Crippen LogP contribution in [0, 0.1) is 5.92 Å². The third kappa shape index (κ3) is 4.73. The van der Waals surface area contributed by atoms with Crippen LogP contribution < -0.4 is 5.32 Å². The van der Waals surface area contributed by atoms with Gasteiger partial charge in [0.05, 0.1) is 4.47 Å². The van der Waals surface area contributed by atoms with Crippen molar-refractivity contribution in [3.05, 3.63) is 26.9 Å². The Balaban J connectivity index is 2.58. The Labute approximate surface area is 121 Å². The van der Waals surface area contributed by atoms with Gasteiger partial charge in [-0.1, -0.05) is 6.92 Å². The summed E-state index contributed by atoms with van der Waals surface area (Å²) in [6.07, 6.45) is 1.55. The van der Waals surface area contributed by atoms with E-state index in [9.17, 15) is 9.59 Å². The van der Waals surface area contributed by atoms with Crippen molar-refractivity contribution in [3.8, 4) is 0 Å². The fourth-order valence-corrected chi connectivity index (χ4v) is 2.47. The molecule has 0 radical (unpaired) electrons. The van der Waals surface area contributed by atoms with Crippen LogP contribution in [0.15, 0.2) is 21.2 Å². The summed E-state index contributed by atoms with van der Waals surface area (Å²) in [4.78, 5) is 26.3. The predicted octanol–water partition coefficient (Wildman–Crippen LogP) is 2.45. The SMILES string of the molecule is CC(CNC(=O)c1ncc(Br)cc1Br)CC(=O)O. The molecule has 7 heteroatoms. The molecule has 0 bridgehead atoms. The number of nitrogens with zero attached hydrogens (tertiary/aromatic N) is 1. The lowest BCUT2D eigenvalue weighted by Gasteiger charge is -2.10. The Morgan fingerprint density at radius 1 is 1.50 bits per heavy atom. The molecule has 1 aromatic rings. The van der Waals surface area contributed by atoms with Crippen molar-refractivity contribution in [3.63, 3.8) is 0 Å². The molecule has 98 valence electrons. The minimum absolute atomic E-state index is 0.0230. The Bertz CT molecular complexity index is 466. The normalized spacial score (nSPS) is 11.9. The van der Waals surface area contributed by atoms with Gasteiger partial charge in [-0.05, 0) is 43.8 Å². The van der Waals surface area contributed by atoms with Gasteiger partial charge in [-0.3, -0.25) is 9.59 Å². The number of hydrogen-bond donors (Lipinski definition) is 2. The minimum atomic E-state index is -0.875. The van der Waals surface area contributed by atoms with E-state index < -0.39 is 5.97 Å². The lowest BCUT2D eigenvalue weighted by molar-refractivity contribution is -0.137. The van der Waals surface area contributed by atoms with E-state index in [0.29, 0.717) is 11.0 Å². The molecule has 0 spiro atoms. The third-order valence-corrected chi connectivity index (χ3v) is 3.20. The van der Waals surface area contributed by atoms with Crippen molar-refractivity contribution in [2.45, 2.75) is 13.3 Å². The smallest absolute Gasteiger partial charge is 0.303 e. The average molecular weight is 380 g/mol. The Morgan fingerprint density at radius 3 is 2.72 bits per heavy atom. The van der Waals surface area contributed by atoms with Crippen LogP contribution in [0.5, 0.6) is 0 Å². The second-order valence-electron chi connectivity index (χ2n) is 3.90. The van der Waals surface area contributed by atoms with Gasteiger partial charge in [-0.2, -0.15) is 0 Å². The lowest BCUT2D eigenvalue weighted by atomic mass is 10.1. The summed E-state index contributed by atoms with van der Waals surface area (Å²) in [7, 11) is 0. The monoisotopic (exact) mass is 378 g/mol. The van der Waals surface area contributed by atoms with Gasteiger partial charge in [-0.15, -0.1) is 0 Å². The third-order valence-electron chi connectivity index (χ3n) is 2.16. The van der Waals surface area contributed by atoms with Crippen LogP contribution >= 0.6 is 31.9 Å². The van der Waals surface area contributed by atoms with E-state index in [4.69, 9.17) is 5.11 Å². The largest absolute Gasteiger partial charge is 0.481 e. The van der Waals surface area contributed by atoms with E-state index in [1.807, 2.05) is 0 Å². The van der Waals surface area contributed by atoms with Gasteiger partial charge in [0.2, 0.25) is 0 Å². The van der Waals surface area contributed by atoms with E-state index in [1.54, 1.807) is 13.0 Å². The van der Waals surface area contributed by atoms with Gasteiger partial charge in [0, 0.05) is 23.6 Å². The van der Waals surface area contributed by atoms with Crippen LogP contribution in [0.1, 0.15) is 23.8 Å². The fraction of sp³-hybridized carbons (Fsp3) is 0.364. The highest BCUT2D eigenvalue weighted by molar-refractivity contribution is 9.11. The van der Waals surface area contributed by atoms with Crippen LogP contribution in [0.4, 0.5) is 0 Å². The molecule has 18 heavy (non-hydrogen) atoms. The number of halogens is 2. The summed E-state index contributed by atoms with van der Waals surface area (Å²) in [5.41, 5.74) is 0.278.